The summed E-state index contributed by atoms with van der Waals surface area (Å²) >= 11 is 0. The predicted molar refractivity (Wildman–Crippen MR) is 307 cm³/mol. The predicted octanol–water partition coefficient (Wildman–Crippen LogP) is 21.2. The van der Waals surface area contributed by atoms with Crippen LogP contribution >= 0.6 is 0 Å². The van der Waals surface area contributed by atoms with Crippen molar-refractivity contribution in [1.82, 2.24) is 0 Å². The van der Waals surface area contributed by atoms with Crippen molar-refractivity contribution in [1.29, 1.82) is 0 Å². The van der Waals surface area contributed by atoms with Gasteiger partial charge in [0.2, 0.25) is 0 Å². The zero-order valence-electron chi connectivity index (χ0n) is 47.8. The van der Waals surface area contributed by atoms with E-state index in [1.165, 1.54) is 231 Å². The van der Waals surface area contributed by atoms with Gasteiger partial charge in [-0.25, -0.2) is 0 Å². The number of allylic oxidation sites excluding steroid dienone is 6. The van der Waals surface area contributed by atoms with E-state index < -0.39 is 6.10 Å². The van der Waals surface area contributed by atoms with Crippen LogP contribution in [-0.2, 0) is 28.6 Å². The van der Waals surface area contributed by atoms with E-state index in [0.29, 0.717) is 19.3 Å². The summed E-state index contributed by atoms with van der Waals surface area (Å²) in [4.78, 5) is 38.1. The first-order valence-electron chi connectivity index (χ1n) is 31.5. The van der Waals surface area contributed by atoms with E-state index in [0.717, 1.165) is 70.6 Å². The van der Waals surface area contributed by atoms with Crippen LogP contribution in [0.5, 0.6) is 0 Å². The minimum Gasteiger partial charge on any atom is -0.462 e. The minimum atomic E-state index is -0.766. The van der Waals surface area contributed by atoms with Crippen LogP contribution in [0, 0.1) is 0 Å². The van der Waals surface area contributed by atoms with Gasteiger partial charge in [-0.05, 0) is 57.8 Å². The molecular formula is C65H120O6. The van der Waals surface area contributed by atoms with Gasteiger partial charge < -0.3 is 14.2 Å². The molecule has 0 N–H and O–H groups in total. The molecule has 0 heterocycles. The molecule has 0 amide bonds. The Kier molecular flexibility index (Phi) is 58.2. The lowest BCUT2D eigenvalue weighted by atomic mass is 10.0. The van der Waals surface area contributed by atoms with Crippen molar-refractivity contribution < 1.29 is 28.6 Å². The third-order valence-corrected chi connectivity index (χ3v) is 14.1. The zero-order valence-corrected chi connectivity index (χ0v) is 47.8. The Labute approximate surface area is 442 Å². The van der Waals surface area contributed by atoms with E-state index in [2.05, 4.69) is 57.2 Å². The van der Waals surface area contributed by atoms with Crippen molar-refractivity contribution in [3.63, 3.8) is 0 Å². The highest BCUT2D eigenvalue weighted by Crippen LogP contribution is 2.17. The Bertz CT molecular complexity index is 1190. The number of carbonyl (C=O) groups is 3. The lowest BCUT2D eigenvalue weighted by Gasteiger charge is -2.18. The van der Waals surface area contributed by atoms with E-state index in [1.54, 1.807) is 0 Å². The molecule has 0 aliphatic carbocycles. The van der Waals surface area contributed by atoms with Crippen LogP contribution in [0.3, 0.4) is 0 Å². The topological polar surface area (TPSA) is 78.9 Å². The second kappa shape index (κ2) is 60.2. The van der Waals surface area contributed by atoms with E-state index in [1.807, 2.05) is 0 Å². The number of hydrogen-bond acceptors (Lipinski definition) is 6. The summed E-state index contributed by atoms with van der Waals surface area (Å²) < 4.78 is 16.9. The molecule has 0 bridgehead atoms. The van der Waals surface area contributed by atoms with Gasteiger partial charge in [-0.3, -0.25) is 14.4 Å². The average Bonchev–Trinajstić information content (AvgIpc) is 3.37. The van der Waals surface area contributed by atoms with Gasteiger partial charge in [0.1, 0.15) is 13.2 Å². The lowest BCUT2D eigenvalue weighted by Crippen LogP contribution is -2.30. The highest BCUT2D eigenvalue weighted by atomic mass is 16.6. The van der Waals surface area contributed by atoms with Crippen molar-refractivity contribution in [2.24, 2.45) is 0 Å². The average molecular weight is 998 g/mol. The molecule has 0 aliphatic rings. The molecule has 0 fully saturated rings. The van der Waals surface area contributed by atoms with Gasteiger partial charge in [0.15, 0.2) is 6.10 Å². The summed E-state index contributed by atoms with van der Waals surface area (Å²) in [5.74, 6) is -0.849. The van der Waals surface area contributed by atoms with Gasteiger partial charge >= 0.3 is 17.9 Å². The molecule has 0 aromatic carbocycles. The monoisotopic (exact) mass is 997 g/mol. The van der Waals surface area contributed by atoms with Crippen LogP contribution in [0.15, 0.2) is 36.5 Å². The van der Waals surface area contributed by atoms with Crippen molar-refractivity contribution in [2.45, 2.75) is 348 Å². The maximum absolute atomic E-state index is 12.8. The van der Waals surface area contributed by atoms with Gasteiger partial charge in [-0.2, -0.15) is 0 Å². The van der Waals surface area contributed by atoms with Crippen LogP contribution in [0.2, 0.25) is 0 Å². The van der Waals surface area contributed by atoms with Crippen molar-refractivity contribution >= 4 is 17.9 Å². The van der Waals surface area contributed by atoms with Crippen LogP contribution in [0.1, 0.15) is 342 Å². The standard InChI is InChI=1S/C65H120O6/c1-4-7-10-13-16-19-21-23-25-26-27-28-29-30-31-32-33-34-35-36-37-38-40-41-43-46-49-52-55-58-64(67)70-61-62(60-69-63(66)57-54-51-48-45-18-15-12-9-6-3)71-65(68)59-56-53-50-47-44-42-39-24-22-20-17-14-11-8-5-2/h21,23,26-27,29-30,62H,4-20,22,24-25,28,31-61H2,1-3H3/b23-21-,27-26-,30-29-. The zero-order chi connectivity index (χ0) is 51.4. The summed E-state index contributed by atoms with van der Waals surface area (Å²) in [5.41, 5.74) is 0. The van der Waals surface area contributed by atoms with E-state index in [4.69, 9.17) is 14.2 Å². The lowest BCUT2D eigenvalue weighted by molar-refractivity contribution is -0.167. The first kappa shape index (κ1) is 68.6. The molecular weight excluding hydrogens is 877 g/mol. The fourth-order valence-electron chi connectivity index (χ4n) is 9.39. The summed E-state index contributed by atoms with van der Waals surface area (Å²) in [6.07, 6.45) is 73.1. The molecule has 0 saturated heterocycles. The van der Waals surface area contributed by atoms with E-state index >= 15 is 0 Å². The van der Waals surface area contributed by atoms with Crippen molar-refractivity contribution in [2.75, 3.05) is 13.2 Å². The van der Waals surface area contributed by atoms with Crippen LogP contribution < -0.4 is 0 Å². The highest BCUT2D eigenvalue weighted by Gasteiger charge is 2.19. The number of ether oxygens (including phenoxy) is 3. The fraction of sp³-hybridized carbons (Fsp3) is 0.862. The summed E-state index contributed by atoms with van der Waals surface area (Å²) in [7, 11) is 0. The second-order valence-corrected chi connectivity index (χ2v) is 21.3. The van der Waals surface area contributed by atoms with E-state index in [9.17, 15) is 14.4 Å². The van der Waals surface area contributed by atoms with E-state index in [-0.39, 0.29) is 31.1 Å². The van der Waals surface area contributed by atoms with Gasteiger partial charge in [0.05, 0.1) is 0 Å². The summed E-state index contributed by atoms with van der Waals surface area (Å²) in [6, 6.07) is 0. The Balaban J connectivity index is 4.10. The van der Waals surface area contributed by atoms with Gasteiger partial charge in [0, 0.05) is 19.3 Å². The maximum atomic E-state index is 12.8. The Morgan fingerprint density at radius 2 is 0.507 bits per heavy atom. The molecule has 0 aromatic rings. The maximum Gasteiger partial charge on any atom is 0.306 e. The molecule has 0 aliphatic heterocycles. The Hall–Kier alpha value is -2.37. The van der Waals surface area contributed by atoms with Gasteiger partial charge in [0.25, 0.3) is 0 Å². The summed E-state index contributed by atoms with van der Waals surface area (Å²) in [6.45, 7) is 6.66. The number of esters is 3. The molecule has 1 unspecified atom stereocenters. The third kappa shape index (κ3) is 58.4. The molecule has 0 saturated carbocycles. The number of rotatable bonds is 58. The molecule has 0 radical (unpaired) electrons. The third-order valence-electron chi connectivity index (χ3n) is 14.1. The molecule has 6 nitrogen and oxygen atoms in total. The van der Waals surface area contributed by atoms with Crippen molar-refractivity contribution in [3.05, 3.63) is 36.5 Å². The Morgan fingerprint density at radius 3 is 0.789 bits per heavy atom. The first-order valence-corrected chi connectivity index (χ1v) is 31.5. The first-order chi connectivity index (χ1) is 35.0. The molecule has 0 spiro atoms. The molecule has 71 heavy (non-hydrogen) atoms. The molecule has 6 heteroatoms. The number of carbonyl (C=O) groups excluding carboxylic acids is 3. The molecule has 0 aromatic heterocycles. The van der Waals surface area contributed by atoms with Crippen LogP contribution in [0.4, 0.5) is 0 Å². The minimum absolute atomic E-state index is 0.0665. The quantitative estimate of drug-likeness (QED) is 0.0261. The second-order valence-electron chi connectivity index (χ2n) is 21.3. The fourth-order valence-corrected chi connectivity index (χ4v) is 9.39. The number of hydrogen-bond donors (Lipinski definition) is 0. The SMILES string of the molecule is CCCCCCC/C=C\C/C=C\C/C=C\CCCCCCCCCCCCCCCCC(=O)OCC(COC(=O)CCCCCCCCCCC)OC(=O)CCCCCCCCCCCCCCCCC. The highest BCUT2D eigenvalue weighted by molar-refractivity contribution is 5.71. The number of unbranched alkanes of at least 4 members (excludes halogenated alkanes) is 41. The summed E-state index contributed by atoms with van der Waals surface area (Å²) in [5, 5.41) is 0. The largest absolute Gasteiger partial charge is 0.462 e. The molecule has 0 rings (SSSR count). The normalized spacial score (nSPS) is 12.2. The van der Waals surface area contributed by atoms with Crippen molar-refractivity contribution in [3.8, 4) is 0 Å². The van der Waals surface area contributed by atoms with Crippen LogP contribution in [0.25, 0.3) is 0 Å². The molecule has 416 valence electrons. The smallest absolute Gasteiger partial charge is 0.306 e. The van der Waals surface area contributed by atoms with Gasteiger partial charge in [-0.15, -0.1) is 0 Å². The molecule has 1 atom stereocenters. The Morgan fingerprint density at radius 1 is 0.282 bits per heavy atom. The van der Waals surface area contributed by atoms with Crippen LogP contribution in [-0.4, -0.2) is 37.2 Å². The van der Waals surface area contributed by atoms with Gasteiger partial charge in [-0.1, -0.05) is 301 Å².